The molecular weight excluding hydrogens is 420 g/mol. The van der Waals surface area contributed by atoms with Crippen molar-refractivity contribution in [3.63, 3.8) is 0 Å². The van der Waals surface area contributed by atoms with E-state index in [2.05, 4.69) is 106 Å². The van der Waals surface area contributed by atoms with Gasteiger partial charge in [0.25, 0.3) is 0 Å². The smallest absolute Gasteiger partial charge is 0.124 e. The van der Waals surface area contributed by atoms with Gasteiger partial charge in [-0.3, -0.25) is 4.98 Å². The Bertz CT molecular complexity index is 1600. The van der Waals surface area contributed by atoms with Crippen LogP contribution in [0.2, 0.25) is 0 Å². The van der Waals surface area contributed by atoms with Gasteiger partial charge in [0, 0.05) is 17.3 Å². The third-order valence-electron chi connectivity index (χ3n) is 6.23. The van der Waals surface area contributed by atoms with Gasteiger partial charge in [-0.25, -0.2) is 4.98 Å². The first-order valence-electron chi connectivity index (χ1n) is 11.3. The summed E-state index contributed by atoms with van der Waals surface area (Å²) in [7, 11) is 0. The number of thiazole rings is 1. The van der Waals surface area contributed by atoms with Crippen LogP contribution in [0, 0.1) is 0 Å². The normalized spacial score (nSPS) is 12.1. The predicted molar refractivity (Wildman–Crippen MR) is 142 cm³/mol. The lowest BCUT2D eigenvalue weighted by Gasteiger charge is -2.22. The molecule has 0 unspecified atom stereocenters. The standard InChI is InChI=1S/C30H24N2S/c1-30(2,3)25-15-23(14-21-10-6-7-11-24(21)25)26-17-22(12-13-31-26)29-32-27-16-19-8-4-5-9-20(19)18-28(27)33-29/h4-18H,1-3H3. The number of hydrogen-bond acceptors (Lipinski definition) is 3. The predicted octanol–water partition coefficient (Wildman–Crippen LogP) is 8.63. The van der Waals surface area contributed by atoms with Crippen LogP contribution in [0.1, 0.15) is 26.3 Å². The number of aromatic nitrogens is 2. The first kappa shape index (κ1) is 20.1. The number of hydrogen-bond donors (Lipinski definition) is 0. The number of benzene rings is 4. The summed E-state index contributed by atoms with van der Waals surface area (Å²) in [5.74, 6) is 0. The molecule has 0 atom stereocenters. The molecule has 0 bridgehead atoms. The number of pyridine rings is 1. The lowest BCUT2D eigenvalue weighted by atomic mass is 9.82. The van der Waals surface area contributed by atoms with Crippen molar-refractivity contribution in [1.82, 2.24) is 9.97 Å². The van der Waals surface area contributed by atoms with E-state index in [0.29, 0.717) is 0 Å². The molecule has 0 aliphatic heterocycles. The average Bonchev–Trinajstić information content (AvgIpc) is 3.24. The van der Waals surface area contributed by atoms with Gasteiger partial charge >= 0.3 is 0 Å². The van der Waals surface area contributed by atoms with Crippen LogP contribution in [-0.2, 0) is 5.41 Å². The molecular formula is C30H24N2S. The summed E-state index contributed by atoms with van der Waals surface area (Å²) in [5.41, 5.74) is 5.67. The van der Waals surface area contributed by atoms with Crippen molar-refractivity contribution in [3.8, 4) is 21.8 Å². The molecule has 160 valence electrons. The van der Waals surface area contributed by atoms with Crippen molar-refractivity contribution in [2.45, 2.75) is 26.2 Å². The molecule has 0 saturated heterocycles. The van der Waals surface area contributed by atoms with Gasteiger partial charge in [0.1, 0.15) is 5.01 Å². The van der Waals surface area contributed by atoms with Crippen molar-refractivity contribution in [1.29, 1.82) is 0 Å². The summed E-state index contributed by atoms with van der Waals surface area (Å²) < 4.78 is 1.21. The fourth-order valence-corrected chi connectivity index (χ4v) is 5.53. The van der Waals surface area contributed by atoms with Crippen molar-refractivity contribution < 1.29 is 0 Å². The summed E-state index contributed by atoms with van der Waals surface area (Å²) in [5, 5.41) is 6.06. The summed E-state index contributed by atoms with van der Waals surface area (Å²) in [6, 6.07) is 30.3. The van der Waals surface area contributed by atoms with Crippen LogP contribution in [0.25, 0.3) is 53.6 Å². The fourth-order valence-electron chi connectivity index (χ4n) is 4.54. The molecule has 3 heteroatoms. The highest BCUT2D eigenvalue weighted by Gasteiger charge is 2.19. The van der Waals surface area contributed by atoms with Gasteiger partial charge in [-0.1, -0.05) is 69.3 Å². The minimum Gasteiger partial charge on any atom is -0.256 e. The molecule has 2 heterocycles. The zero-order chi connectivity index (χ0) is 22.6. The van der Waals surface area contributed by atoms with Crippen LogP contribution < -0.4 is 0 Å². The van der Waals surface area contributed by atoms with E-state index >= 15 is 0 Å². The highest BCUT2D eigenvalue weighted by atomic mass is 32.1. The molecule has 0 N–H and O–H groups in total. The summed E-state index contributed by atoms with van der Waals surface area (Å²) in [6.07, 6.45) is 1.90. The number of nitrogens with zero attached hydrogens (tertiary/aromatic N) is 2. The van der Waals surface area contributed by atoms with E-state index in [1.165, 1.54) is 31.8 Å². The molecule has 2 nitrogen and oxygen atoms in total. The van der Waals surface area contributed by atoms with Gasteiger partial charge < -0.3 is 0 Å². The number of fused-ring (bicyclic) bond motifs is 3. The molecule has 33 heavy (non-hydrogen) atoms. The topological polar surface area (TPSA) is 25.8 Å². The van der Waals surface area contributed by atoms with Crippen molar-refractivity contribution in [2.75, 3.05) is 0 Å². The summed E-state index contributed by atoms with van der Waals surface area (Å²) >= 11 is 1.74. The average molecular weight is 445 g/mol. The molecule has 0 aliphatic rings. The monoisotopic (exact) mass is 444 g/mol. The van der Waals surface area contributed by atoms with E-state index in [9.17, 15) is 0 Å². The van der Waals surface area contributed by atoms with Crippen molar-refractivity contribution in [3.05, 3.63) is 96.7 Å². The zero-order valence-corrected chi connectivity index (χ0v) is 19.8. The second kappa shape index (κ2) is 7.50. The first-order valence-corrected chi connectivity index (χ1v) is 12.1. The van der Waals surface area contributed by atoms with Gasteiger partial charge in [0.15, 0.2) is 0 Å². The zero-order valence-electron chi connectivity index (χ0n) is 19.0. The molecule has 0 saturated carbocycles. The Morgan fingerprint density at radius 1 is 0.697 bits per heavy atom. The van der Waals surface area contributed by atoms with E-state index < -0.39 is 0 Å². The van der Waals surface area contributed by atoms with Gasteiger partial charge in [-0.2, -0.15) is 0 Å². The number of rotatable bonds is 2. The molecule has 2 aromatic heterocycles. The molecule has 0 radical (unpaired) electrons. The maximum absolute atomic E-state index is 4.97. The molecule has 0 amide bonds. The second-order valence-corrected chi connectivity index (χ2v) is 10.6. The van der Waals surface area contributed by atoms with Crippen LogP contribution in [0.3, 0.4) is 0 Å². The Morgan fingerprint density at radius 2 is 1.42 bits per heavy atom. The van der Waals surface area contributed by atoms with Crippen molar-refractivity contribution in [2.24, 2.45) is 0 Å². The summed E-state index contributed by atoms with van der Waals surface area (Å²) in [6.45, 7) is 6.81. The van der Waals surface area contributed by atoms with E-state index in [1.54, 1.807) is 11.3 Å². The van der Waals surface area contributed by atoms with Crippen molar-refractivity contribution >= 4 is 43.1 Å². The molecule has 0 fully saturated rings. The van der Waals surface area contributed by atoms with Crippen LogP contribution in [-0.4, -0.2) is 9.97 Å². The Hall–Kier alpha value is -3.56. The minimum absolute atomic E-state index is 0.0439. The van der Waals surface area contributed by atoms with Crippen LogP contribution in [0.4, 0.5) is 0 Å². The van der Waals surface area contributed by atoms with E-state index in [1.807, 2.05) is 6.20 Å². The van der Waals surface area contributed by atoms with Gasteiger partial charge in [0.05, 0.1) is 15.9 Å². The minimum atomic E-state index is 0.0439. The van der Waals surface area contributed by atoms with Crippen LogP contribution >= 0.6 is 11.3 Å². The largest absolute Gasteiger partial charge is 0.256 e. The maximum Gasteiger partial charge on any atom is 0.124 e. The Morgan fingerprint density at radius 3 is 2.21 bits per heavy atom. The van der Waals surface area contributed by atoms with Crippen LogP contribution in [0.5, 0.6) is 0 Å². The first-order chi connectivity index (χ1) is 16.0. The van der Waals surface area contributed by atoms with E-state index in [4.69, 9.17) is 9.97 Å². The molecule has 0 aliphatic carbocycles. The third kappa shape index (κ3) is 3.59. The lowest BCUT2D eigenvalue weighted by Crippen LogP contribution is -2.12. The molecule has 6 rings (SSSR count). The van der Waals surface area contributed by atoms with E-state index in [-0.39, 0.29) is 5.41 Å². The SMILES string of the molecule is CC(C)(C)c1cc(-c2cc(-c3nc4cc5ccccc5cc4s3)ccn2)cc2ccccc12. The van der Waals surface area contributed by atoms with E-state index in [0.717, 1.165) is 27.3 Å². The Labute approximate surface area is 197 Å². The van der Waals surface area contributed by atoms with Gasteiger partial charge in [-0.15, -0.1) is 11.3 Å². The Kier molecular flexibility index (Phi) is 4.56. The highest BCUT2D eigenvalue weighted by molar-refractivity contribution is 7.21. The molecule has 4 aromatic carbocycles. The quantitative estimate of drug-likeness (QED) is 0.267. The van der Waals surface area contributed by atoms with Gasteiger partial charge in [-0.05, 0) is 68.9 Å². The third-order valence-corrected chi connectivity index (χ3v) is 7.30. The maximum atomic E-state index is 4.97. The highest BCUT2D eigenvalue weighted by Crippen LogP contribution is 2.37. The Balaban J connectivity index is 1.49. The van der Waals surface area contributed by atoms with Gasteiger partial charge in [0.2, 0.25) is 0 Å². The van der Waals surface area contributed by atoms with Crippen LogP contribution in [0.15, 0.2) is 91.1 Å². The molecule has 6 aromatic rings. The lowest BCUT2D eigenvalue weighted by molar-refractivity contribution is 0.596. The summed E-state index contributed by atoms with van der Waals surface area (Å²) in [4.78, 5) is 9.71. The molecule has 0 spiro atoms. The fraction of sp³-hybridized carbons (Fsp3) is 0.133. The second-order valence-electron chi connectivity index (χ2n) is 9.61.